The number of piperidine rings is 1. The number of nitrogens with zero attached hydrogens (tertiary/aromatic N) is 1. The highest BCUT2D eigenvalue weighted by Gasteiger charge is 2.34. The number of ketones is 1. The van der Waals surface area contributed by atoms with Crippen LogP contribution in [-0.4, -0.2) is 44.2 Å². The van der Waals surface area contributed by atoms with Crippen molar-refractivity contribution in [2.75, 3.05) is 19.7 Å². The van der Waals surface area contributed by atoms with Crippen molar-refractivity contribution in [1.82, 2.24) is 4.31 Å². The van der Waals surface area contributed by atoms with E-state index in [-0.39, 0.29) is 43.2 Å². The van der Waals surface area contributed by atoms with E-state index in [4.69, 9.17) is 4.74 Å². The van der Waals surface area contributed by atoms with Gasteiger partial charge in [-0.05, 0) is 36.5 Å². The van der Waals surface area contributed by atoms with Crippen LogP contribution >= 0.6 is 0 Å². The van der Waals surface area contributed by atoms with Crippen LogP contribution in [0.4, 0.5) is 4.39 Å². The van der Waals surface area contributed by atoms with Gasteiger partial charge in [-0.2, -0.15) is 4.31 Å². The SMILES string of the molecule is CC(C)c1ccc(C(=O)COC(=O)C2CCN(S(=O)(=O)c3ccccc3F)CC2)cc1. The fourth-order valence-corrected chi connectivity index (χ4v) is 5.05. The second-order valence-electron chi connectivity index (χ2n) is 7.92. The fraction of sp³-hybridized carbons (Fsp3) is 0.391. The van der Waals surface area contributed by atoms with E-state index in [1.807, 2.05) is 12.1 Å². The molecule has 1 fully saturated rings. The normalized spacial score (nSPS) is 15.7. The van der Waals surface area contributed by atoms with Gasteiger partial charge in [0.15, 0.2) is 12.4 Å². The molecule has 1 aliphatic rings. The van der Waals surface area contributed by atoms with Crippen molar-refractivity contribution in [3.05, 3.63) is 65.5 Å². The molecule has 0 aromatic heterocycles. The third kappa shape index (κ3) is 5.37. The van der Waals surface area contributed by atoms with Gasteiger partial charge < -0.3 is 4.74 Å². The number of rotatable bonds is 7. The summed E-state index contributed by atoms with van der Waals surface area (Å²) in [4.78, 5) is 24.3. The first-order valence-electron chi connectivity index (χ1n) is 10.2. The maximum Gasteiger partial charge on any atom is 0.309 e. The Morgan fingerprint density at radius 3 is 2.26 bits per heavy atom. The summed E-state index contributed by atoms with van der Waals surface area (Å²) in [6.45, 7) is 3.94. The number of hydrogen-bond donors (Lipinski definition) is 0. The van der Waals surface area contributed by atoms with Crippen molar-refractivity contribution in [1.29, 1.82) is 0 Å². The van der Waals surface area contributed by atoms with Gasteiger partial charge in [-0.25, -0.2) is 12.8 Å². The molecule has 0 N–H and O–H groups in total. The minimum atomic E-state index is -3.96. The maximum atomic E-state index is 13.9. The van der Waals surface area contributed by atoms with E-state index in [0.717, 1.165) is 11.6 Å². The summed E-state index contributed by atoms with van der Waals surface area (Å²) in [7, 11) is -3.96. The van der Waals surface area contributed by atoms with Gasteiger partial charge in [-0.1, -0.05) is 50.2 Å². The zero-order chi connectivity index (χ0) is 22.6. The maximum absolute atomic E-state index is 13.9. The predicted octanol–water partition coefficient (Wildman–Crippen LogP) is 3.78. The van der Waals surface area contributed by atoms with E-state index >= 15 is 0 Å². The van der Waals surface area contributed by atoms with Crippen LogP contribution in [0.15, 0.2) is 53.4 Å². The van der Waals surface area contributed by atoms with Crippen LogP contribution in [0, 0.1) is 11.7 Å². The Bertz CT molecular complexity index is 1040. The van der Waals surface area contributed by atoms with E-state index in [9.17, 15) is 22.4 Å². The minimum Gasteiger partial charge on any atom is -0.457 e. The lowest BCUT2D eigenvalue weighted by Crippen LogP contribution is -2.41. The lowest BCUT2D eigenvalue weighted by Gasteiger charge is -2.30. The molecule has 0 bridgehead atoms. The molecular weight excluding hydrogens is 421 g/mol. The average Bonchev–Trinajstić information content (AvgIpc) is 2.77. The molecule has 0 radical (unpaired) electrons. The summed E-state index contributed by atoms with van der Waals surface area (Å²) in [5.74, 6) is -1.75. The van der Waals surface area contributed by atoms with Crippen LogP contribution in [-0.2, 0) is 19.6 Å². The molecule has 6 nitrogen and oxygen atoms in total. The number of Topliss-reactive ketones (excluding diaryl/α,β-unsaturated/α-hetero) is 1. The molecule has 0 saturated carbocycles. The first-order chi connectivity index (χ1) is 14.7. The second-order valence-corrected chi connectivity index (χ2v) is 9.82. The van der Waals surface area contributed by atoms with Crippen LogP contribution in [0.2, 0.25) is 0 Å². The Morgan fingerprint density at radius 2 is 1.68 bits per heavy atom. The molecule has 0 atom stereocenters. The van der Waals surface area contributed by atoms with Gasteiger partial charge in [0.05, 0.1) is 5.92 Å². The number of carbonyl (C=O) groups excluding carboxylic acids is 2. The van der Waals surface area contributed by atoms with Gasteiger partial charge in [0, 0.05) is 18.7 Å². The summed E-state index contributed by atoms with van der Waals surface area (Å²) in [6, 6.07) is 12.4. The van der Waals surface area contributed by atoms with Gasteiger partial charge in [0.2, 0.25) is 10.0 Å². The van der Waals surface area contributed by atoms with Gasteiger partial charge in [0.1, 0.15) is 10.7 Å². The Morgan fingerprint density at radius 1 is 1.06 bits per heavy atom. The number of esters is 1. The number of halogens is 1. The highest BCUT2D eigenvalue weighted by molar-refractivity contribution is 7.89. The van der Waals surface area contributed by atoms with Gasteiger partial charge >= 0.3 is 5.97 Å². The number of hydrogen-bond acceptors (Lipinski definition) is 5. The topological polar surface area (TPSA) is 80.8 Å². The van der Waals surface area contributed by atoms with Crippen molar-refractivity contribution in [3.63, 3.8) is 0 Å². The summed E-state index contributed by atoms with van der Waals surface area (Å²) in [5.41, 5.74) is 1.59. The number of sulfonamides is 1. The molecule has 1 aliphatic heterocycles. The Hall–Kier alpha value is -2.58. The molecule has 1 heterocycles. The van der Waals surface area contributed by atoms with Crippen molar-refractivity contribution < 1.29 is 27.1 Å². The summed E-state index contributed by atoms with van der Waals surface area (Å²) in [6.07, 6.45) is 0.508. The summed E-state index contributed by atoms with van der Waals surface area (Å²) in [5, 5.41) is 0. The smallest absolute Gasteiger partial charge is 0.309 e. The third-order valence-corrected chi connectivity index (χ3v) is 7.42. The molecule has 31 heavy (non-hydrogen) atoms. The molecule has 8 heteroatoms. The number of ether oxygens (including phenoxy) is 1. The van der Waals surface area contributed by atoms with E-state index in [1.165, 1.54) is 22.5 Å². The Kier molecular flexibility index (Phi) is 7.23. The lowest BCUT2D eigenvalue weighted by atomic mass is 9.98. The molecule has 166 valence electrons. The van der Waals surface area contributed by atoms with Crippen molar-refractivity contribution in [2.24, 2.45) is 5.92 Å². The molecule has 2 aromatic rings. The van der Waals surface area contributed by atoms with E-state index in [1.54, 1.807) is 12.1 Å². The van der Waals surface area contributed by atoms with Crippen LogP contribution in [0.25, 0.3) is 0 Å². The van der Waals surface area contributed by atoms with Crippen LogP contribution in [0.1, 0.15) is 48.5 Å². The molecule has 0 spiro atoms. The molecule has 3 rings (SSSR count). The first-order valence-corrected chi connectivity index (χ1v) is 11.7. The highest BCUT2D eigenvalue weighted by atomic mass is 32.2. The highest BCUT2D eigenvalue weighted by Crippen LogP contribution is 2.26. The van der Waals surface area contributed by atoms with E-state index < -0.39 is 27.7 Å². The van der Waals surface area contributed by atoms with E-state index in [0.29, 0.717) is 11.5 Å². The summed E-state index contributed by atoms with van der Waals surface area (Å²) < 4.78 is 45.6. The predicted molar refractivity (Wildman–Crippen MR) is 114 cm³/mol. The van der Waals surface area contributed by atoms with E-state index in [2.05, 4.69) is 13.8 Å². The largest absolute Gasteiger partial charge is 0.457 e. The minimum absolute atomic E-state index is 0.0844. The van der Waals surface area contributed by atoms with Crippen molar-refractivity contribution in [3.8, 4) is 0 Å². The van der Waals surface area contributed by atoms with Crippen LogP contribution in [0.3, 0.4) is 0 Å². The van der Waals surface area contributed by atoms with Crippen LogP contribution < -0.4 is 0 Å². The fourth-order valence-electron chi connectivity index (χ4n) is 3.52. The number of benzene rings is 2. The standard InChI is InChI=1S/C23H26FNO5S/c1-16(2)17-7-9-18(10-8-17)21(26)15-30-23(27)19-11-13-25(14-12-19)31(28,29)22-6-4-3-5-20(22)24/h3-10,16,19H,11-15H2,1-2H3. The molecule has 2 aromatic carbocycles. The zero-order valence-electron chi connectivity index (χ0n) is 17.6. The average molecular weight is 448 g/mol. The Labute approximate surface area is 182 Å². The third-order valence-electron chi connectivity index (χ3n) is 5.49. The monoisotopic (exact) mass is 447 g/mol. The van der Waals surface area contributed by atoms with Gasteiger partial charge in [-0.15, -0.1) is 0 Å². The molecule has 0 unspecified atom stereocenters. The van der Waals surface area contributed by atoms with Crippen molar-refractivity contribution >= 4 is 21.8 Å². The van der Waals surface area contributed by atoms with Crippen molar-refractivity contribution in [2.45, 2.75) is 37.5 Å². The molecule has 0 amide bonds. The zero-order valence-corrected chi connectivity index (χ0v) is 18.4. The van der Waals surface area contributed by atoms with Gasteiger partial charge in [-0.3, -0.25) is 9.59 Å². The Balaban J connectivity index is 1.52. The van der Waals surface area contributed by atoms with Gasteiger partial charge in [0.25, 0.3) is 0 Å². The second kappa shape index (κ2) is 9.70. The summed E-state index contributed by atoms with van der Waals surface area (Å²) >= 11 is 0. The quantitative estimate of drug-likeness (QED) is 0.477. The lowest BCUT2D eigenvalue weighted by molar-refractivity contribution is -0.148. The molecular formula is C23H26FNO5S. The molecule has 0 aliphatic carbocycles. The first kappa shape index (κ1) is 23.1. The molecule has 1 saturated heterocycles. The number of carbonyl (C=O) groups is 2. The van der Waals surface area contributed by atoms with Crippen LogP contribution in [0.5, 0.6) is 0 Å².